The van der Waals surface area contributed by atoms with Crippen LogP contribution in [0.15, 0.2) is 42.7 Å². The molecule has 104 valence electrons. The zero-order valence-electron chi connectivity index (χ0n) is 11.6. The van der Waals surface area contributed by atoms with Crippen molar-refractivity contribution in [3.63, 3.8) is 0 Å². The maximum absolute atomic E-state index is 13.4. The fourth-order valence-corrected chi connectivity index (χ4v) is 2.26. The van der Waals surface area contributed by atoms with Crippen LogP contribution in [0.25, 0.3) is 0 Å². The van der Waals surface area contributed by atoms with Gasteiger partial charge < -0.3 is 4.74 Å². The molecule has 0 bridgehead atoms. The monoisotopic (exact) mass is 271 g/mol. The summed E-state index contributed by atoms with van der Waals surface area (Å²) in [6, 6.07) is 9.07. The van der Waals surface area contributed by atoms with E-state index in [2.05, 4.69) is 4.98 Å². The highest BCUT2D eigenvalue weighted by molar-refractivity contribution is 5.32. The van der Waals surface area contributed by atoms with Gasteiger partial charge in [-0.2, -0.15) is 0 Å². The Morgan fingerprint density at radius 2 is 2.15 bits per heavy atom. The number of hydrogen-bond acceptors (Lipinski definition) is 2. The first-order chi connectivity index (χ1) is 9.74. The van der Waals surface area contributed by atoms with Gasteiger partial charge in [-0.3, -0.25) is 4.98 Å². The lowest BCUT2D eigenvalue weighted by atomic mass is 10.0. The van der Waals surface area contributed by atoms with Crippen LogP contribution in [0.3, 0.4) is 0 Å². The van der Waals surface area contributed by atoms with Crippen molar-refractivity contribution in [2.24, 2.45) is 5.92 Å². The van der Waals surface area contributed by atoms with Crippen LogP contribution in [0.4, 0.5) is 4.39 Å². The molecule has 1 atom stereocenters. The third-order valence-electron chi connectivity index (χ3n) is 3.67. The number of halogens is 1. The van der Waals surface area contributed by atoms with E-state index in [1.165, 1.54) is 18.9 Å². The zero-order valence-corrected chi connectivity index (χ0v) is 11.6. The van der Waals surface area contributed by atoms with E-state index >= 15 is 0 Å². The van der Waals surface area contributed by atoms with E-state index < -0.39 is 0 Å². The van der Waals surface area contributed by atoms with E-state index in [1.807, 2.05) is 24.4 Å². The van der Waals surface area contributed by atoms with E-state index in [9.17, 15) is 4.39 Å². The van der Waals surface area contributed by atoms with Crippen molar-refractivity contribution in [1.29, 1.82) is 0 Å². The number of hydrogen-bond donors (Lipinski definition) is 0. The maximum atomic E-state index is 13.4. The molecule has 1 aliphatic rings. The van der Waals surface area contributed by atoms with Crippen LogP contribution >= 0.6 is 0 Å². The molecule has 1 aromatic carbocycles. The van der Waals surface area contributed by atoms with E-state index in [0.29, 0.717) is 11.5 Å². The lowest BCUT2D eigenvalue weighted by Gasteiger charge is -2.19. The van der Waals surface area contributed by atoms with Crippen LogP contribution in [-0.4, -0.2) is 11.6 Å². The Balaban J connectivity index is 1.88. The Labute approximate surface area is 118 Å². The van der Waals surface area contributed by atoms with Crippen LogP contribution in [0.1, 0.15) is 35.6 Å². The molecule has 3 rings (SSSR count). The molecule has 1 saturated carbocycles. The molecule has 3 heteroatoms. The van der Waals surface area contributed by atoms with Crippen molar-refractivity contribution >= 4 is 0 Å². The van der Waals surface area contributed by atoms with Gasteiger partial charge in [0.25, 0.3) is 0 Å². The molecule has 1 aliphatic carbocycles. The molecule has 0 saturated heterocycles. The Bertz CT molecular complexity index is 581. The van der Waals surface area contributed by atoms with Gasteiger partial charge in [0.2, 0.25) is 0 Å². The fourth-order valence-electron chi connectivity index (χ4n) is 2.26. The molecule has 0 spiro atoms. The molecule has 2 nitrogen and oxygen atoms in total. The molecule has 1 heterocycles. The minimum atomic E-state index is -0.180. The molecule has 2 aromatic rings. The molecule has 20 heavy (non-hydrogen) atoms. The van der Waals surface area contributed by atoms with Crippen LogP contribution in [0.5, 0.6) is 0 Å². The van der Waals surface area contributed by atoms with Crippen molar-refractivity contribution < 1.29 is 9.13 Å². The van der Waals surface area contributed by atoms with Gasteiger partial charge in [0.15, 0.2) is 0 Å². The quantitative estimate of drug-likeness (QED) is 0.818. The molecule has 0 N–H and O–H groups in total. The second-order valence-electron chi connectivity index (χ2n) is 5.45. The van der Waals surface area contributed by atoms with Gasteiger partial charge in [-0.1, -0.05) is 18.2 Å². The molecule has 1 aromatic heterocycles. The third-order valence-corrected chi connectivity index (χ3v) is 3.67. The van der Waals surface area contributed by atoms with Gasteiger partial charge >= 0.3 is 0 Å². The van der Waals surface area contributed by atoms with Gasteiger partial charge in [-0.15, -0.1) is 0 Å². The standard InChI is InChI=1S/C17H18FNO/c1-12-9-14(6-7-16(12)18)17(20-11-13-4-5-13)15-3-2-8-19-10-15/h2-3,6-10,13,17H,4-5,11H2,1H3. The zero-order chi connectivity index (χ0) is 13.9. The summed E-state index contributed by atoms with van der Waals surface area (Å²) in [4.78, 5) is 4.16. The summed E-state index contributed by atoms with van der Waals surface area (Å²) < 4.78 is 19.5. The van der Waals surface area contributed by atoms with Gasteiger partial charge in [-0.05, 0) is 48.9 Å². The van der Waals surface area contributed by atoms with Crippen LogP contribution < -0.4 is 0 Å². The number of pyridine rings is 1. The van der Waals surface area contributed by atoms with E-state index in [4.69, 9.17) is 4.74 Å². The van der Waals surface area contributed by atoms with Crippen molar-refractivity contribution in [3.05, 3.63) is 65.2 Å². The first kappa shape index (κ1) is 13.3. The van der Waals surface area contributed by atoms with Crippen molar-refractivity contribution in [2.45, 2.75) is 25.9 Å². The van der Waals surface area contributed by atoms with E-state index in [0.717, 1.165) is 17.7 Å². The number of benzene rings is 1. The summed E-state index contributed by atoms with van der Waals surface area (Å²) in [7, 11) is 0. The second-order valence-corrected chi connectivity index (χ2v) is 5.45. The number of rotatable bonds is 5. The van der Waals surface area contributed by atoms with Gasteiger partial charge in [0.1, 0.15) is 11.9 Å². The molecular weight excluding hydrogens is 253 g/mol. The number of aromatic nitrogens is 1. The van der Waals surface area contributed by atoms with Gasteiger partial charge in [-0.25, -0.2) is 4.39 Å². The summed E-state index contributed by atoms with van der Waals surface area (Å²) in [5.41, 5.74) is 2.64. The predicted molar refractivity (Wildman–Crippen MR) is 75.9 cm³/mol. The van der Waals surface area contributed by atoms with Gasteiger partial charge in [0.05, 0.1) is 6.61 Å². The highest BCUT2D eigenvalue weighted by atomic mass is 19.1. The summed E-state index contributed by atoms with van der Waals surface area (Å²) >= 11 is 0. The summed E-state index contributed by atoms with van der Waals surface area (Å²) in [6.45, 7) is 2.54. The summed E-state index contributed by atoms with van der Waals surface area (Å²) in [6.07, 6.45) is 5.90. The SMILES string of the molecule is Cc1cc(C(OCC2CC2)c2cccnc2)ccc1F. The van der Waals surface area contributed by atoms with Crippen molar-refractivity contribution in [2.75, 3.05) is 6.61 Å². The van der Waals surface area contributed by atoms with Crippen molar-refractivity contribution in [1.82, 2.24) is 4.98 Å². The van der Waals surface area contributed by atoms with Gasteiger partial charge in [0, 0.05) is 18.0 Å². The van der Waals surface area contributed by atoms with Crippen LogP contribution in [-0.2, 0) is 4.74 Å². The van der Waals surface area contributed by atoms with Crippen LogP contribution in [0, 0.1) is 18.7 Å². The fraction of sp³-hybridized carbons (Fsp3) is 0.353. The Hall–Kier alpha value is -1.74. The number of ether oxygens (including phenoxy) is 1. The van der Waals surface area contributed by atoms with Crippen LogP contribution in [0.2, 0.25) is 0 Å². The molecule has 0 amide bonds. The topological polar surface area (TPSA) is 22.1 Å². The normalized spacial score (nSPS) is 16.1. The first-order valence-corrected chi connectivity index (χ1v) is 7.01. The number of nitrogens with zero attached hydrogens (tertiary/aromatic N) is 1. The smallest absolute Gasteiger partial charge is 0.126 e. The minimum absolute atomic E-state index is 0.163. The largest absolute Gasteiger partial charge is 0.368 e. The highest BCUT2D eigenvalue weighted by Crippen LogP contribution is 2.33. The molecular formula is C17H18FNO. The average Bonchev–Trinajstić information content (AvgIpc) is 3.28. The summed E-state index contributed by atoms with van der Waals surface area (Å²) in [5.74, 6) is 0.511. The molecule has 1 unspecified atom stereocenters. The lowest BCUT2D eigenvalue weighted by molar-refractivity contribution is 0.0715. The Morgan fingerprint density at radius 3 is 2.80 bits per heavy atom. The summed E-state index contributed by atoms with van der Waals surface area (Å²) in [5, 5.41) is 0. The minimum Gasteiger partial charge on any atom is -0.368 e. The predicted octanol–water partition coefficient (Wildman–Crippen LogP) is 4.05. The molecule has 0 radical (unpaired) electrons. The molecule has 0 aliphatic heterocycles. The lowest BCUT2D eigenvalue weighted by Crippen LogP contribution is -2.09. The van der Waals surface area contributed by atoms with Crippen molar-refractivity contribution in [3.8, 4) is 0 Å². The third kappa shape index (κ3) is 3.05. The molecule has 1 fully saturated rings. The second kappa shape index (κ2) is 5.71. The Kier molecular flexibility index (Phi) is 3.79. The van der Waals surface area contributed by atoms with E-state index in [1.54, 1.807) is 19.2 Å². The maximum Gasteiger partial charge on any atom is 0.126 e. The highest BCUT2D eigenvalue weighted by Gasteiger charge is 2.24. The average molecular weight is 271 g/mol. The Morgan fingerprint density at radius 1 is 1.30 bits per heavy atom. The first-order valence-electron chi connectivity index (χ1n) is 7.01. The van der Waals surface area contributed by atoms with E-state index in [-0.39, 0.29) is 11.9 Å². The number of aryl methyl sites for hydroxylation is 1.